The largest absolute Gasteiger partial charge is 0.353 e. The van der Waals surface area contributed by atoms with Gasteiger partial charge >= 0.3 is 0 Å². The molecule has 0 radical (unpaired) electrons. The molecule has 0 aromatic heterocycles. The van der Waals surface area contributed by atoms with Crippen LogP contribution in [0.4, 0.5) is 0 Å². The predicted octanol–water partition coefficient (Wildman–Crippen LogP) is 2.62. The molecule has 3 N–H and O–H groups in total. The molecule has 0 saturated carbocycles. The molecule has 0 aliphatic rings. The maximum atomic E-state index is 12.0. The Morgan fingerprint density at radius 2 is 1.85 bits per heavy atom. The molecule has 1 amide bonds. The van der Waals surface area contributed by atoms with E-state index in [0.29, 0.717) is 6.42 Å². The van der Waals surface area contributed by atoms with Crippen molar-refractivity contribution in [3.63, 3.8) is 0 Å². The highest BCUT2D eigenvalue weighted by atomic mass is 16.1. The van der Waals surface area contributed by atoms with Crippen LogP contribution in [0.25, 0.3) is 10.8 Å². The van der Waals surface area contributed by atoms with Gasteiger partial charge in [0.1, 0.15) is 0 Å². The average molecular weight is 270 g/mol. The van der Waals surface area contributed by atoms with Crippen molar-refractivity contribution in [2.45, 2.75) is 38.8 Å². The Morgan fingerprint density at radius 1 is 1.15 bits per heavy atom. The Kier molecular flexibility index (Phi) is 4.74. The van der Waals surface area contributed by atoms with Gasteiger partial charge in [-0.2, -0.15) is 0 Å². The highest BCUT2D eigenvalue weighted by Gasteiger charge is 2.10. The van der Waals surface area contributed by atoms with E-state index in [-0.39, 0.29) is 18.0 Å². The standard InChI is InChI=1S/C17H22N2O/c1-12(18)9-13(2)19-17(20)11-14-7-8-15-5-3-4-6-16(15)10-14/h3-8,10,12-13H,9,11,18H2,1-2H3,(H,19,20). The van der Waals surface area contributed by atoms with Gasteiger partial charge < -0.3 is 11.1 Å². The zero-order valence-corrected chi connectivity index (χ0v) is 12.1. The number of carbonyl (C=O) groups excluding carboxylic acids is 1. The summed E-state index contributed by atoms with van der Waals surface area (Å²) in [5, 5.41) is 5.35. The Hall–Kier alpha value is -1.87. The van der Waals surface area contributed by atoms with Gasteiger partial charge in [0.25, 0.3) is 0 Å². The molecule has 3 heteroatoms. The molecule has 2 rings (SSSR count). The van der Waals surface area contributed by atoms with Crippen LogP contribution in [-0.2, 0) is 11.2 Å². The molecular weight excluding hydrogens is 248 g/mol. The van der Waals surface area contributed by atoms with Crippen LogP contribution in [0, 0.1) is 0 Å². The van der Waals surface area contributed by atoms with E-state index in [2.05, 4.69) is 29.6 Å². The van der Waals surface area contributed by atoms with E-state index in [0.717, 1.165) is 12.0 Å². The molecule has 0 heterocycles. The monoisotopic (exact) mass is 270 g/mol. The molecule has 106 valence electrons. The zero-order chi connectivity index (χ0) is 14.5. The van der Waals surface area contributed by atoms with Crippen LogP contribution in [-0.4, -0.2) is 18.0 Å². The lowest BCUT2D eigenvalue weighted by atomic mass is 10.0. The SMILES string of the molecule is CC(N)CC(C)NC(=O)Cc1ccc2ccccc2c1. The third-order valence-corrected chi connectivity index (χ3v) is 3.31. The Labute approximate surface area is 120 Å². The number of benzene rings is 2. The maximum absolute atomic E-state index is 12.0. The topological polar surface area (TPSA) is 55.1 Å². The van der Waals surface area contributed by atoms with Crippen molar-refractivity contribution in [1.29, 1.82) is 0 Å². The number of hydrogen-bond acceptors (Lipinski definition) is 2. The Balaban J connectivity index is 1.99. The van der Waals surface area contributed by atoms with Crippen LogP contribution in [0.2, 0.25) is 0 Å². The molecule has 0 fully saturated rings. The second kappa shape index (κ2) is 6.53. The van der Waals surface area contributed by atoms with Gasteiger partial charge in [-0.25, -0.2) is 0 Å². The van der Waals surface area contributed by atoms with E-state index in [9.17, 15) is 4.79 Å². The fraction of sp³-hybridized carbons (Fsp3) is 0.353. The fourth-order valence-corrected chi connectivity index (χ4v) is 2.48. The van der Waals surface area contributed by atoms with E-state index in [4.69, 9.17) is 5.73 Å². The van der Waals surface area contributed by atoms with Crippen LogP contribution in [0.1, 0.15) is 25.8 Å². The second-order valence-electron chi connectivity index (χ2n) is 5.54. The second-order valence-corrected chi connectivity index (χ2v) is 5.54. The minimum absolute atomic E-state index is 0.0495. The molecule has 0 bridgehead atoms. The number of carbonyl (C=O) groups is 1. The van der Waals surface area contributed by atoms with Crippen molar-refractivity contribution < 1.29 is 4.79 Å². The molecule has 0 aliphatic heterocycles. The fourth-order valence-electron chi connectivity index (χ4n) is 2.48. The third kappa shape index (κ3) is 4.07. The van der Waals surface area contributed by atoms with Crippen LogP contribution in [0.5, 0.6) is 0 Å². The molecular formula is C17H22N2O. The molecule has 20 heavy (non-hydrogen) atoms. The summed E-state index contributed by atoms with van der Waals surface area (Å²) in [6, 6.07) is 14.5. The van der Waals surface area contributed by atoms with Crippen LogP contribution < -0.4 is 11.1 Å². The summed E-state index contributed by atoms with van der Waals surface area (Å²) in [5.74, 6) is 0.0495. The molecule has 2 aromatic carbocycles. The Bertz CT molecular complexity index is 592. The van der Waals surface area contributed by atoms with E-state index in [1.807, 2.05) is 32.0 Å². The van der Waals surface area contributed by atoms with Gasteiger partial charge in [-0.05, 0) is 36.6 Å². The first-order valence-electron chi connectivity index (χ1n) is 7.07. The van der Waals surface area contributed by atoms with Gasteiger partial charge in [0.05, 0.1) is 6.42 Å². The van der Waals surface area contributed by atoms with Gasteiger partial charge in [0.2, 0.25) is 5.91 Å². The van der Waals surface area contributed by atoms with E-state index in [1.165, 1.54) is 10.8 Å². The third-order valence-electron chi connectivity index (χ3n) is 3.31. The van der Waals surface area contributed by atoms with Crippen LogP contribution >= 0.6 is 0 Å². The number of fused-ring (bicyclic) bond motifs is 1. The first-order valence-corrected chi connectivity index (χ1v) is 7.07. The molecule has 0 saturated heterocycles. The number of nitrogens with two attached hydrogens (primary N) is 1. The van der Waals surface area contributed by atoms with Crippen molar-refractivity contribution in [2.75, 3.05) is 0 Å². The van der Waals surface area contributed by atoms with Crippen LogP contribution in [0.3, 0.4) is 0 Å². The average Bonchev–Trinajstić information content (AvgIpc) is 2.37. The van der Waals surface area contributed by atoms with Crippen molar-refractivity contribution in [1.82, 2.24) is 5.32 Å². The summed E-state index contributed by atoms with van der Waals surface area (Å²) in [5.41, 5.74) is 6.77. The summed E-state index contributed by atoms with van der Waals surface area (Å²) in [4.78, 5) is 12.0. The van der Waals surface area contributed by atoms with Gasteiger partial charge in [0.15, 0.2) is 0 Å². The maximum Gasteiger partial charge on any atom is 0.224 e. The molecule has 0 spiro atoms. The predicted molar refractivity (Wildman–Crippen MR) is 83.5 cm³/mol. The normalized spacial score (nSPS) is 13.9. The minimum atomic E-state index is 0.0495. The van der Waals surface area contributed by atoms with Gasteiger partial charge in [-0.3, -0.25) is 4.79 Å². The molecule has 0 aliphatic carbocycles. The van der Waals surface area contributed by atoms with Crippen molar-refractivity contribution in [3.8, 4) is 0 Å². The summed E-state index contributed by atoms with van der Waals surface area (Å²) >= 11 is 0. The number of hydrogen-bond donors (Lipinski definition) is 2. The van der Waals surface area contributed by atoms with Gasteiger partial charge in [-0.15, -0.1) is 0 Å². The summed E-state index contributed by atoms with van der Waals surface area (Å²) in [7, 11) is 0. The highest BCUT2D eigenvalue weighted by Crippen LogP contribution is 2.16. The van der Waals surface area contributed by atoms with Crippen LogP contribution in [0.15, 0.2) is 42.5 Å². The highest BCUT2D eigenvalue weighted by molar-refractivity contribution is 5.85. The lowest BCUT2D eigenvalue weighted by molar-refractivity contribution is -0.121. The van der Waals surface area contributed by atoms with Crippen molar-refractivity contribution in [3.05, 3.63) is 48.0 Å². The zero-order valence-electron chi connectivity index (χ0n) is 12.1. The lowest BCUT2D eigenvalue weighted by Crippen LogP contribution is -2.37. The molecule has 3 nitrogen and oxygen atoms in total. The van der Waals surface area contributed by atoms with E-state index >= 15 is 0 Å². The smallest absolute Gasteiger partial charge is 0.224 e. The van der Waals surface area contributed by atoms with E-state index < -0.39 is 0 Å². The molecule has 2 aromatic rings. The number of nitrogens with one attached hydrogen (secondary N) is 1. The number of amides is 1. The van der Waals surface area contributed by atoms with E-state index in [1.54, 1.807) is 0 Å². The lowest BCUT2D eigenvalue weighted by Gasteiger charge is -2.16. The van der Waals surface area contributed by atoms with Crippen molar-refractivity contribution >= 4 is 16.7 Å². The summed E-state index contributed by atoms with van der Waals surface area (Å²) in [6.07, 6.45) is 1.21. The number of rotatable bonds is 5. The minimum Gasteiger partial charge on any atom is -0.353 e. The molecule has 2 unspecified atom stereocenters. The van der Waals surface area contributed by atoms with Crippen molar-refractivity contribution in [2.24, 2.45) is 5.73 Å². The van der Waals surface area contributed by atoms with Gasteiger partial charge in [0, 0.05) is 12.1 Å². The Morgan fingerprint density at radius 3 is 2.55 bits per heavy atom. The quantitative estimate of drug-likeness (QED) is 0.877. The summed E-state index contributed by atoms with van der Waals surface area (Å²) in [6.45, 7) is 3.94. The van der Waals surface area contributed by atoms with Gasteiger partial charge in [-0.1, -0.05) is 42.5 Å². The first kappa shape index (κ1) is 14.5. The summed E-state index contributed by atoms with van der Waals surface area (Å²) < 4.78 is 0. The first-order chi connectivity index (χ1) is 9.54. The molecule has 2 atom stereocenters.